The Kier molecular flexibility index (Phi) is 5.41. The number of hydrogen-bond acceptors (Lipinski definition) is 5. The highest BCUT2D eigenvalue weighted by atomic mass is 35.5. The van der Waals surface area contributed by atoms with E-state index in [1.807, 2.05) is 0 Å². The first kappa shape index (κ1) is 17.1. The van der Waals surface area contributed by atoms with Gasteiger partial charge in [0.1, 0.15) is 6.07 Å². The topological polar surface area (TPSA) is 74.5 Å². The smallest absolute Gasteiger partial charge is 0.416 e. The maximum atomic E-state index is 12.5. The van der Waals surface area contributed by atoms with Crippen molar-refractivity contribution < 1.29 is 22.7 Å². The summed E-state index contributed by atoms with van der Waals surface area (Å²) in [5, 5.41) is 11.3. The Morgan fingerprint density at radius 2 is 1.90 bits per heavy atom. The van der Waals surface area contributed by atoms with Gasteiger partial charge in [0.25, 0.3) is 0 Å². The van der Waals surface area contributed by atoms with E-state index < -0.39 is 23.4 Å². The first-order valence-electron chi connectivity index (χ1n) is 5.09. The predicted octanol–water partition coefficient (Wildman–Crippen LogP) is 3.48. The van der Waals surface area contributed by atoms with Crippen LogP contribution in [0.2, 0.25) is 10.0 Å². The highest BCUT2D eigenvalue weighted by Gasteiger charge is 2.32. The molecule has 0 aliphatic carbocycles. The molecule has 21 heavy (non-hydrogen) atoms. The largest absolute Gasteiger partial charge is 0.464 e. The second-order valence-electron chi connectivity index (χ2n) is 3.49. The molecule has 0 fully saturated rings. The molecule has 1 aromatic rings. The number of esters is 1. The van der Waals surface area contributed by atoms with Crippen molar-refractivity contribution in [2.24, 2.45) is 5.10 Å². The molecule has 0 saturated heterocycles. The van der Waals surface area contributed by atoms with Gasteiger partial charge >= 0.3 is 12.1 Å². The summed E-state index contributed by atoms with van der Waals surface area (Å²) in [4.78, 5) is 11.1. The zero-order valence-electron chi connectivity index (χ0n) is 10.3. The number of nitrogens with one attached hydrogen (secondary N) is 1. The molecule has 5 nitrogen and oxygen atoms in total. The number of ether oxygens (including phenoxy) is 1. The van der Waals surface area contributed by atoms with Gasteiger partial charge in [-0.1, -0.05) is 23.2 Å². The first-order chi connectivity index (χ1) is 9.70. The molecule has 0 saturated carbocycles. The van der Waals surface area contributed by atoms with E-state index in [1.54, 1.807) is 0 Å². The number of hydrazone groups is 1. The summed E-state index contributed by atoms with van der Waals surface area (Å²) in [5.41, 5.74) is 0.292. The first-order valence-corrected chi connectivity index (χ1v) is 5.84. The van der Waals surface area contributed by atoms with Gasteiger partial charge in [0.15, 0.2) is 0 Å². The van der Waals surface area contributed by atoms with Crippen LogP contribution in [0.4, 0.5) is 18.9 Å². The second kappa shape index (κ2) is 6.65. The lowest BCUT2D eigenvalue weighted by atomic mass is 10.2. The molecule has 0 atom stereocenters. The van der Waals surface area contributed by atoms with Crippen molar-refractivity contribution in [1.82, 2.24) is 0 Å². The number of alkyl halides is 3. The number of nitrogens with zero attached hydrogens (tertiary/aromatic N) is 2. The van der Waals surface area contributed by atoms with Gasteiger partial charge in [-0.3, -0.25) is 5.43 Å². The highest BCUT2D eigenvalue weighted by molar-refractivity contribution is 6.43. The Bertz CT molecular complexity index is 616. The lowest BCUT2D eigenvalue weighted by molar-refractivity contribution is -0.137. The number of carbonyl (C=O) groups excluding carboxylic acids is 1. The number of hydrogen-bond donors (Lipinski definition) is 1. The lowest BCUT2D eigenvalue weighted by Gasteiger charge is -2.11. The summed E-state index contributed by atoms with van der Waals surface area (Å²) in [5.74, 6) is -1.02. The van der Waals surface area contributed by atoms with E-state index in [4.69, 9.17) is 28.5 Å². The molecule has 0 aromatic heterocycles. The zero-order valence-corrected chi connectivity index (χ0v) is 11.8. The second-order valence-corrected chi connectivity index (χ2v) is 4.30. The molecule has 1 rings (SSSR count). The molecule has 112 valence electrons. The average molecular weight is 340 g/mol. The summed E-state index contributed by atoms with van der Waals surface area (Å²) >= 11 is 11.3. The van der Waals surface area contributed by atoms with E-state index in [0.29, 0.717) is 12.1 Å². The van der Waals surface area contributed by atoms with E-state index in [1.165, 1.54) is 6.07 Å². The Labute approximate surface area is 126 Å². The maximum absolute atomic E-state index is 12.5. The van der Waals surface area contributed by atoms with Crippen molar-refractivity contribution in [3.8, 4) is 6.07 Å². The van der Waals surface area contributed by atoms with Crippen LogP contribution in [0.15, 0.2) is 17.2 Å². The number of benzene rings is 1. The van der Waals surface area contributed by atoms with E-state index in [0.717, 1.165) is 7.11 Å². The zero-order chi connectivity index (χ0) is 16.2. The number of carbonyl (C=O) groups is 1. The lowest BCUT2D eigenvalue weighted by Crippen LogP contribution is -2.15. The number of halogens is 5. The maximum Gasteiger partial charge on any atom is 0.416 e. The molecule has 0 radical (unpaired) electrons. The minimum atomic E-state index is -4.61. The van der Waals surface area contributed by atoms with Crippen molar-refractivity contribution >= 4 is 40.6 Å². The Hall–Kier alpha value is -1.98. The molecule has 1 aromatic carbocycles. The van der Waals surface area contributed by atoms with Crippen LogP contribution in [-0.4, -0.2) is 18.8 Å². The number of methoxy groups -OCH3 is 1. The van der Waals surface area contributed by atoms with Gasteiger partial charge < -0.3 is 4.74 Å². The molecule has 0 heterocycles. The monoisotopic (exact) mass is 339 g/mol. The number of nitriles is 1. The van der Waals surface area contributed by atoms with Gasteiger partial charge in [-0.2, -0.15) is 23.5 Å². The normalized spacial score (nSPS) is 11.8. The van der Waals surface area contributed by atoms with E-state index in [2.05, 4.69) is 15.3 Å². The van der Waals surface area contributed by atoms with Gasteiger partial charge in [-0.15, -0.1) is 0 Å². The van der Waals surface area contributed by atoms with Gasteiger partial charge in [0, 0.05) is 0 Å². The fourth-order valence-corrected chi connectivity index (χ4v) is 1.74. The Morgan fingerprint density at radius 3 is 2.29 bits per heavy atom. The molecule has 0 spiro atoms. The van der Waals surface area contributed by atoms with Gasteiger partial charge in [-0.25, -0.2) is 4.79 Å². The molecule has 0 aliphatic heterocycles. The molecule has 1 N–H and O–H groups in total. The fraction of sp³-hybridized carbons (Fsp3) is 0.182. The van der Waals surface area contributed by atoms with Gasteiger partial charge in [0.2, 0.25) is 5.71 Å². The SMILES string of the molecule is COC(=O)/C(C#N)=N/Nc1c(Cl)cc(C(F)(F)F)cc1Cl. The molecular weight excluding hydrogens is 334 g/mol. The van der Waals surface area contributed by atoms with Gasteiger partial charge in [-0.05, 0) is 12.1 Å². The summed E-state index contributed by atoms with van der Waals surface area (Å²) in [7, 11) is 1.03. The fourth-order valence-electron chi connectivity index (χ4n) is 1.17. The predicted molar refractivity (Wildman–Crippen MR) is 70.2 cm³/mol. The quantitative estimate of drug-likeness (QED) is 0.519. The van der Waals surface area contributed by atoms with Crippen LogP contribution in [-0.2, 0) is 15.7 Å². The summed E-state index contributed by atoms with van der Waals surface area (Å²) in [6.45, 7) is 0. The molecule has 0 bridgehead atoms. The third-order valence-corrected chi connectivity index (χ3v) is 2.73. The van der Waals surface area contributed by atoms with Crippen LogP contribution in [0.5, 0.6) is 0 Å². The third-order valence-electron chi connectivity index (χ3n) is 2.13. The molecule has 0 amide bonds. The molecule has 10 heteroatoms. The van der Waals surface area contributed by atoms with Crippen LogP contribution < -0.4 is 5.43 Å². The number of anilines is 1. The summed E-state index contributed by atoms with van der Waals surface area (Å²) in [6, 6.07) is 2.71. The van der Waals surface area contributed by atoms with Crippen LogP contribution in [0, 0.1) is 11.3 Å². The number of rotatable bonds is 3. The highest BCUT2D eigenvalue weighted by Crippen LogP contribution is 2.38. The standard InChI is InChI=1S/C11H6Cl2F3N3O2/c1-21-10(20)8(4-17)18-19-9-6(12)2-5(3-7(9)13)11(14,15)16/h2-3,19H,1H3/b18-8+. The Balaban J connectivity index is 3.14. The van der Waals surface area contributed by atoms with Crippen molar-refractivity contribution in [2.45, 2.75) is 6.18 Å². The average Bonchev–Trinajstić information content (AvgIpc) is 2.40. The molecule has 0 unspecified atom stereocenters. The summed E-state index contributed by atoms with van der Waals surface area (Å²) in [6.07, 6.45) is -4.61. The van der Waals surface area contributed by atoms with Crippen LogP contribution in [0.25, 0.3) is 0 Å². The van der Waals surface area contributed by atoms with Crippen LogP contribution >= 0.6 is 23.2 Å². The third kappa shape index (κ3) is 4.24. The Morgan fingerprint density at radius 1 is 1.38 bits per heavy atom. The van der Waals surface area contributed by atoms with Gasteiger partial charge in [0.05, 0.1) is 28.4 Å². The van der Waals surface area contributed by atoms with E-state index in [9.17, 15) is 18.0 Å². The minimum absolute atomic E-state index is 0.178. The van der Waals surface area contributed by atoms with Crippen molar-refractivity contribution in [1.29, 1.82) is 5.26 Å². The minimum Gasteiger partial charge on any atom is -0.464 e. The van der Waals surface area contributed by atoms with E-state index in [-0.39, 0.29) is 15.7 Å². The van der Waals surface area contributed by atoms with Crippen molar-refractivity contribution in [3.05, 3.63) is 27.7 Å². The van der Waals surface area contributed by atoms with E-state index >= 15 is 0 Å². The van der Waals surface area contributed by atoms with Crippen molar-refractivity contribution in [2.75, 3.05) is 12.5 Å². The summed E-state index contributed by atoms with van der Waals surface area (Å²) < 4.78 is 41.9. The van der Waals surface area contributed by atoms with Crippen LogP contribution in [0.1, 0.15) is 5.56 Å². The molecular formula is C11H6Cl2F3N3O2. The molecule has 0 aliphatic rings. The van der Waals surface area contributed by atoms with Crippen LogP contribution in [0.3, 0.4) is 0 Å². The van der Waals surface area contributed by atoms with Crippen molar-refractivity contribution in [3.63, 3.8) is 0 Å².